The Morgan fingerprint density at radius 3 is 2.64 bits per heavy atom. The first-order valence-corrected chi connectivity index (χ1v) is 8.09. The minimum absolute atomic E-state index is 0.114. The van der Waals surface area contributed by atoms with Gasteiger partial charge in [0.25, 0.3) is 0 Å². The topological polar surface area (TPSA) is 71.6 Å². The fourth-order valence-corrected chi connectivity index (χ4v) is 2.68. The van der Waals surface area contributed by atoms with Crippen molar-refractivity contribution in [1.82, 2.24) is 14.8 Å². The molecule has 0 bridgehead atoms. The van der Waals surface area contributed by atoms with E-state index in [0.29, 0.717) is 0 Å². The van der Waals surface area contributed by atoms with Crippen molar-refractivity contribution in [3.63, 3.8) is 0 Å². The molecule has 0 N–H and O–H groups in total. The average Bonchev–Trinajstić information content (AvgIpc) is 3.10. The van der Waals surface area contributed by atoms with Gasteiger partial charge in [0, 0.05) is 11.8 Å². The van der Waals surface area contributed by atoms with E-state index in [2.05, 4.69) is 10.1 Å². The molecule has 10 heteroatoms. The van der Waals surface area contributed by atoms with Crippen LogP contribution in [0, 0.1) is 17.1 Å². The number of alkyl halides is 3. The van der Waals surface area contributed by atoms with Gasteiger partial charge in [-0.15, -0.1) is 0 Å². The Balaban J connectivity index is 1.88. The quantitative estimate of drug-likeness (QED) is 0.365. The number of hydrogen-bond donors (Lipinski definition) is 0. The Bertz CT molecular complexity index is 1100. The first-order valence-electron chi connectivity index (χ1n) is 7.71. The van der Waals surface area contributed by atoms with Crippen LogP contribution >= 0.6 is 11.6 Å². The Hall–Kier alpha value is -3.25. The molecule has 142 valence electrons. The van der Waals surface area contributed by atoms with Crippen molar-refractivity contribution in [2.24, 2.45) is 0 Å². The summed E-state index contributed by atoms with van der Waals surface area (Å²) in [4.78, 5) is 16.1. The number of nitriles is 1. The second-order valence-electron chi connectivity index (χ2n) is 5.64. The Kier molecular flexibility index (Phi) is 5.16. The highest BCUT2D eigenvalue weighted by Crippen LogP contribution is 2.32. The Morgan fingerprint density at radius 2 is 1.96 bits per heavy atom. The summed E-state index contributed by atoms with van der Waals surface area (Å²) in [6.07, 6.45) is -3.81. The molecule has 2 aromatic heterocycles. The maximum Gasteiger partial charge on any atom is 0.417 e. The van der Waals surface area contributed by atoms with Crippen LogP contribution in [0.2, 0.25) is 5.15 Å². The normalized spacial score (nSPS) is 11.3. The van der Waals surface area contributed by atoms with Gasteiger partial charge in [0.15, 0.2) is 17.4 Å². The van der Waals surface area contributed by atoms with Crippen molar-refractivity contribution < 1.29 is 22.4 Å². The van der Waals surface area contributed by atoms with Crippen LogP contribution in [0.3, 0.4) is 0 Å². The van der Waals surface area contributed by atoms with Crippen LogP contribution in [-0.4, -0.2) is 20.5 Å². The number of aromatic nitrogens is 3. The molecule has 5 nitrogen and oxygen atoms in total. The van der Waals surface area contributed by atoms with Gasteiger partial charge in [-0.2, -0.15) is 23.5 Å². The molecular weight excluding hydrogens is 400 g/mol. The van der Waals surface area contributed by atoms with Gasteiger partial charge in [-0.1, -0.05) is 29.8 Å². The van der Waals surface area contributed by atoms with E-state index < -0.39 is 35.3 Å². The van der Waals surface area contributed by atoms with Crippen LogP contribution in [0.15, 0.2) is 42.6 Å². The highest BCUT2D eigenvalue weighted by Gasteiger charge is 2.34. The lowest BCUT2D eigenvalue weighted by atomic mass is 10.0. The molecule has 3 rings (SSSR count). The molecule has 0 saturated heterocycles. The number of benzene rings is 1. The van der Waals surface area contributed by atoms with Crippen molar-refractivity contribution in [3.8, 4) is 11.9 Å². The molecule has 0 aliphatic heterocycles. The fraction of sp³-hybridized carbons (Fsp3) is 0.111. The summed E-state index contributed by atoms with van der Waals surface area (Å²) in [7, 11) is 0. The van der Waals surface area contributed by atoms with E-state index in [9.17, 15) is 22.4 Å². The van der Waals surface area contributed by atoms with Crippen LogP contribution < -0.4 is 0 Å². The maximum atomic E-state index is 14.1. The number of hydrogen-bond acceptors (Lipinski definition) is 4. The summed E-state index contributed by atoms with van der Waals surface area (Å²) in [5, 5.41) is 12.5. The van der Waals surface area contributed by atoms with Crippen molar-refractivity contribution in [3.05, 3.63) is 75.9 Å². The number of nitrogens with zero attached hydrogens (tertiary/aromatic N) is 4. The third-order valence-electron chi connectivity index (χ3n) is 3.77. The van der Waals surface area contributed by atoms with Crippen molar-refractivity contribution in [1.29, 1.82) is 5.26 Å². The zero-order valence-electron chi connectivity index (χ0n) is 13.8. The summed E-state index contributed by atoms with van der Waals surface area (Å²) in [5.74, 6) is -1.97. The zero-order valence-corrected chi connectivity index (χ0v) is 14.6. The van der Waals surface area contributed by atoms with Gasteiger partial charge in [-0.3, -0.25) is 4.79 Å². The molecule has 0 spiro atoms. The van der Waals surface area contributed by atoms with Crippen LogP contribution in [-0.2, 0) is 12.6 Å². The number of pyridine rings is 1. The average molecular weight is 409 g/mol. The van der Waals surface area contributed by atoms with Gasteiger partial charge in [0.1, 0.15) is 11.2 Å². The Morgan fingerprint density at radius 1 is 1.25 bits per heavy atom. The van der Waals surface area contributed by atoms with Crippen LogP contribution in [0.5, 0.6) is 0 Å². The molecule has 2 heterocycles. The van der Waals surface area contributed by atoms with E-state index in [1.807, 2.05) is 0 Å². The lowest BCUT2D eigenvalue weighted by Crippen LogP contribution is -2.14. The van der Waals surface area contributed by atoms with Gasteiger partial charge in [-0.05, 0) is 18.2 Å². The molecule has 0 atom stereocenters. The van der Waals surface area contributed by atoms with E-state index >= 15 is 0 Å². The summed E-state index contributed by atoms with van der Waals surface area (Å²) in [6, 6.07) is 8.35. The third-order valence-corrected chi connectivity index (χ3v) is 4.06. The fourth-order valence-electron chi connectivity index (χ4n) is 2.50. The highest BCUT2D eigenvalue weighted by atomic mass is 35.5. The number of halogens is 5. The summed E-state index contributed by atoms with van der Waals surface area (Å²) < 4.78 is 54.3. The monoisotopic (exact) mass is 408 g/mol. The van der Waals surface area contributed by atoms with Gasteiger partial charge < -0.3 is 0 Å². The second-order valence-corrected chi connectivity index (χ2v) is 6.00. The molecule has 0 saturated carbocycles. The van der Waals surface area contributed by atoms with Crippen LogP contribution in [0.25, 0.3) is 5.82 Å². The Labute approximate surface area is 160 Å². The first kappa shape index (κ1) is 19.5. The molecule has 0 fully saturated rings. The molecule has 0 radical (unpaired) electrons. The number of Topliss-reactive ketones (excluding diaryl/α,β-unsaturated/α-hetero) is 1. The van der Waals surface area contributed by atoms with E-state index in [1.54, 1.807) is 6.07 Å². The first-order chi connectivity index (χ1) is 13.2. The standard InChI is InChI=1S/C18H9ClF4N4O/c19-16-10(9-24)7-14(20)17(25-16)27-6-5-11(26-27)8-15(28)12-3-1-2-4-13(12)18(21,22)23/h1-7H,8H2. The largest absolute Gasteiger partial charge is 0.417 e. The van der Waals surface area contributed by atoms with E-state index in [4.69, 9.17) is 16.9 Å². The van der Waals surface area contributed by atoms with Crippen molar-refractivity contribution in [2.45, 2.75) is 12.6 Å². The van der Waals surface area contributed by atoms with Gasteiger partial charge >= 0.3 is 6.18 Å². The minimum atomic E-state index is -4.67. The molecular formula is C18H9ClF4N4O. The number of carbonyl (C=O) groups excluding carboxylic acids is 1. The lowest BCUT2D eigenvalue weighted by molar-refractivity contribution is -0.137. The van der Waals surface area contributed by atoms with Gasteiger partial charge in [-0.25, -0.2) is 14.1 Å². The lowest BCUT2D eigenvalue weighted by Gasteiger charge is -2.11. The molecule has 0 unspecified atom stereocenters. The smallest absolute Gasteiger partial charge is 0.294 e. The molecule has 0 aliphatic carbocycles. The molecule has 0 amide bonds. The molecule has 0 aliphatic rings. The van der Waals surface area contributed by atoms with E-state index in [1.165, 1.54) is 24.4 Å². The third kappa shape index (κ3) is 3.87. The van der Waals surface area contributed by atoms with Crippen LogP contribution in [0.4, 0.5) is 17.6 Å². The van der Waals surface area contributed by atoms with Crippen LogP contribution in [0.1, 0.15) is 27.2 Å². The van der Waals surface area contributed by atoms with E-state index in [-0.39, 0.29) is 22.2 Å². The predicted octanol–water partition coefficient (Wildman–Crippen LogP) is 4.38. The summed E-state index contributed by atoms with van der Waals surface area (Å²) >= 11 is 5.78. The number of rotatable bonds is 4. The number of ketones is 1. The summed E-state index contributed by atoms with van der Waals surface area (Å²) in [5.41, 5.74) is -1.56. The molecule has 3 aromatic rings. The number of carbonyl (C=O) groups is 1. The van der Waals surface area contributed by atoms with E-state index in [0.717, 1.165) is 22.9 Å². The summed E-state index contributed by atoms with van der Waals surface area (Å²) in [6.45, 7) is 0. The minimum Gasteiger partial charge on any atom is -0.294 e. The van der Waals surface area contributed by atoms with Gasteiger partial charge in [0.05, 0.1) is 23.2 Å². The highest BCUT2D eigenvalue weighted by molar-refractivity contribution is 6.30. The second kappa shape index (κ2) is 7.40. The molecule has 28 heavy (non-hydrogen) atoms. The predicted molar refractivity (Wildman–Crippen MR) is 90.5 cm³/mol. The maximum absolute atomic E-state index is 14.1. The SMILES string of the molecule is N#Cc1cc(F)c(-n2ccc(CC(=O)c3ccccc3C(F)(F)F)n2)nc1Cl. The zero-order chi connectivity index (χ0) is 20.5. The van der Waals surface area contributed by atoms with Gasteiger partial charge in [0.2, 0.25) is 0 Å². The van der Waals surface area contributed by atoms with Crippen molar-refractivity contribution in [2.75, 3.05) is 0 Å². The molecule has 1 aromatic carbocycles. The van der Waals surface area contributed by atoms with Crippen molar-refractivity contribution >= 4 is 17.4 Å².